The molecule has 5 nitrogen and oxygen atoms in total. The highest BCUT2D eigenvalue weighted by Gasteiger charge is 2.25. The predicted octanol–water partition coefficient (Wildman–Crippen LogP) is 3.41. The maximum Gasteiger partial charge on any atom is 0.241 e. The fourth-order valence-corrected chi connectivity index (χ4v) is 4.66. The minimum absolute atomic E-state index is 0.0713. The predicted molar refractivity (Wildman–Crippen MR) is 106 cm³/mol. The number of halogens is 1. The first-order valence-corrected chi connectivity index (χ1v) is 10.8. The van der Waals surface area contributed by atoms with E-state index in [4.69, 9.17) is 0 Å². The van der Waals surface area contributed by atoms with Gasteiger partial charge in [0.1, 0.15) is 5.82 Å². The van der Waals surface area contributed by atoms with Crippen molar-refractivity contribution in [3.63, 3.8) is 0 Å². The third-order valence-corrected chi connectivity index (χ3v) is 6.55. The van der Waals surface area contributed by atoms with E-state index in [0.29, 0.717) is 25.1 Å². The standard InChI is InChI=1S/C21H25FN2O3S/c1-14(2)21(25)24-11-10-17-6-9-20(12-18(17)13-24)28(26,27)23-15(3)16-4-7-19(22)8-5-16/h4-9,12,14-15,23H,10-11,13H2,1-3H3/t15-/m0/s1. The minimum atomic E-state index is -3.75. The van der Waals surface area contributed by atoms with Gasteiger partial charge < -0.3 is 4.90 Å². The molecule has 1 N–H and O–H groups in total. The van der Waals surface area contributed by atoms with Crippen LogP contribution in [-0.2, 0) is 27.8 Å². The third kappa shape index (κ3) is 4.42. The number of carbonyl (C=O) groups excluding carboxylic acids is 1. The fourth-order valence-electron chi connectivity index (χ4n) is 3.37. The molecule has 150 valence electrons. The average Bonchev–Trinajstić information content (AvgIpc) is 2.66. The third-order valence-electron chi connectivity index (χ3n) is 5.01. The first-order valence-electron chi connectivity index (χ1n) is 9.36. The molecule has 1 atom stereocenters. The number of fused-ring (bicyclic) bond motifs is 1. The van der Waals surface area contributed by atoms with Crippen LogP contribution in [0.5, 0.6) is 0 Å². The number of rotatable bonds is 5. The number of hydrogen-bond donors (Lipinski definition) is 1. The number of carbonyl (C=O) groups is 1. The largest absolute Gasteiger partial charge is 0.338 e. The molecule has 0 saturated carbocycles. The summed E-state index contributed by atoms with van der Waals surface area (Å²) in [6.45, 7) is 6.50. The van der Waals surface area contributed by atoms with E-state index in [-0.39, 0.29) is 22.5 Å². The molecule has 1 aliphatic heterocycles. The monoisotopic (exact) mass is 404 g/mol. The summed E-state index contributed by atoms with van der Waals surface area (Å²) in [6, 6.07) is 10.3. The van der Waals surface area contributed by atoms with Gasteiger partial charge >= 0.3 is 0 Å². The van der Waals surface area contributed by atoms with Crippen molar-refractivity contribution in [2.75, 3.05) is 6.54 Å². The van der Waals surface area contributed by atoms with Crippen molar-refractivity contribution < 1.29 is 17.6 Å². The maximum absolute atomic E-state index is 13.1. The Morgan fingerprint density at radius 3 is 2.39 bits per heavy atom. The van der Waals surface area contributed by atoms with Crippen LogP contribution >= 0.6 is 0 Å². The van der Waals surface area contributed by atoms with Crippen LogP contribution in [0.25, 0.3) is 0 Å². The summed E-state index contributed by atoms with van der Waals surface area (Å²) in [5.41, 5.74) is 2.60. The molecule has 0 unspecified atom stereocenters. The number of nitrogens with one attached hydrogen (secondary N) is 1. The van der Waals surface area contributed by atoms with Gasteiger partial charge in [-0.15, -0.1) is 0 Å². The van der Waals surface area contributed by atoms with Crippen molar-refractivity contribution in [3.8, 4) is 0 Å². The quantitative estimate of drug-likeness (QED) is 0.831. The Morgan fingerprint density at radius 1 is 1.07 bits per heavy atom. The van der Waals surface area contributed by atoms with Gasteiger partial charge in [0.15, 0.2) is 0 Å². The van der Waals surface area contributed by atoms with E-state index in [1.54, 1.807) is 36.1 Å². The van der Waals surface area contributed by atoms with Gasteiger partial charge in [-0.05, 0) is 54.3 Å². The Morgan fingerprint density at radius 2 is 1.75 bits per heavy atom. The molecule has 0 aromatic heterocycles. The Labute approximate surface area is 165 Å². The van der Waals surface area contributed by atoms with E-state index < -0.39 is 16.1 Å². The molecule has 1 amide bonds. The summed E-state index contributed by atoms with van der Waals surface area (Å²) < 4.78 is 41.4. The summed E-state index contributed by atoms with van der Waals surface area (Å²) in [7, 11) is -3.75. The summed E-state index contributed by atoms with van der Waals surface area (Å²) >= 11 is 0. The lowest BCUT2D eigenvalue weighted by molar-refractivity contribution is -0.135. The second-order valence-corrected chi connectivity index (χ2v) is 9.20. The van der Waals surface area contributed by atoms with E-state index in [1.165, 1.54) is 12.1 Å². The van der Waals surface area contributed by atoms with Crippen molar-refractivity contribution in [1.29, 1.82) is 0 Å². The second-order valence-electron chi connectivity index (χ2n) is 7.49. The SMILES string of the molecule is CC(C)C(=O)N1CCc2ccc(S(=O)(=O)N[C@@H](C)c3ccc(F)cc3)cc2C1. The van der Waals surface area contributed by atoms with E-state index in [1.807, 2.05) is 19.9 Å². The minimum Gasteiger partial charge on any atom is -0.338 e. The van der Waals surface area contributed by atoms with Crippen LogP contribution in [0, 0.1) is 11.7 Å². The molecule has 0 radical (unpaired) electrons. The van der Waals surface area contributed by atoms with Crippen LogP contribution in [-0.4, -0.2) is 25.8 Å². The van der Waals surface area contributed by atoms with Crippen LogP contribution in [0.2, 0.25) is 0 Å². The van der Waals surface area contributed by atoms with E-state index in [0.717, 1.165) is 11.1 Å². The van der Waals surface area contributed by atoms with Crippen LogP contribution in [0.4, 0.5) is 4.39 Å². The topological polar surface area (TPSA) is 66.5 Å². The first kappa shape index (κ1) is 20.5. The van der Waals surface area contributed by atoms with Crippen molar-refractivity contribution in [2.24, 2.45) is 5.92 Å². The van der Waals surface area contributed by atoms with Crippen molar-refractivity contribution in [2.45, 2.75) is 44.7 Å². The molecule has 0 spiro atoms. The molecule has 1 aliphatic rings. The highest BCUT2D eigenvalue weighted by molar-refractivity contribution is 7.89. The van der Waals surface area contributed by atoms with Crippen molar-refractivity contribution >= 4 is 15.9 Å². The summed E-state index contributed by atoms with van der Waals surface area (Å²) in [5.74, 6) is -0.386. The Balaban J connectivity index is 1.80. The molecule has 0 fully saturated rings. The lowest BCUT2D eigenvalue weighted by Gasteiger charge is -2.30. The van der Waals surface area contributed by atoms with Gasteiger partial charge in [-0.3, -0.25) is 4.79 Å². The number of sulfonamides is 1. The van der Waals surface area contributed by atoms with Gasteiger partial charge in [-0.2, -0.15) is 0 Å². The number of nitrogens with zero attached hydrogens (tertiary/aromatic N) is 1. The van der Waals surface area contributed by atoms with Crippen molar-refractivity contribution in [1.82, 2.24) is 9.62 Å². The molecular weight excluding hydrogens is 379 g/mol. The van der Waals surface area contributed by atoms with Crippen molar-refractivity contribution in [3.05, 3.63) is 65.0 Å². The molecule has 28 heavy (non-hydrogen) atoms. The molecular formula is C21H25FN2O3S. The van der Waals surface area contributed by atoms with E-state index >= 15 is 0 Å². The Kier molecular flexibility index (Phi) is 5.86. The molecule has 1 heterocycles. The van der Waals surface area contributed by atoms with Gasteiger partial charge in [-0.25, -0.2) is 17.5 Å². The number of amides is 1. The summed E-state index contributed by atoms with van der Waals surface area (Å²) in [5, 5.41) is 0. The number of hydrogen-bond acceptors (Lipinski definition) is 3. The lowest BCUT2D eigenvalue weighted by atomic mass is 9.99. The van der Waals surface area contributed by atoms with Crippen LogP contribution in [0.1, 0.15) is 43.5 Å². The molecule has 7 heteroatoms. The summed E-state index contributed by atoms with van der Waals surface area (Å²) in [6.07, 6.45) is 0.716. The molecule has 3 rings (SSSR count). The average molecular weight is 405 g/mol. The number of benzene rings is 2. The van der Waals surface area contributed by atoms with Gasteiger partial charge in [0, 0.05) is 25.0 Å². The zero-order valence-corrected chi connectivity index (χ0v) is 17.1. The van der Waals surface area contributed by atoms with Gasteiger partial charge in [-0.1, -0.05) is 32.0 Å². The van der Waals surface area contributed by atoms with E-state index in [2.05, 4.69) is 4.72 Å². The molecule has 0 aliphatic carbocycles. The Hall–Kier alpha value is -2.25. The van der Waals surface area contributed by atoms with E-state index in [9.17, 15) is 17.6 Å². The maximum atomic E-state index is 13.1. The smallest absolute Gasteiger partial charge is 0.241 e. The normalized spacial score (nSPS) is 15.4. The molecule has 0 bridgehead atoms. The van der Waals surface area contributed by atoms with Gasteiger partial charge in [0.2, 0.25) is 15.9 Å². The molecule has 2 aromatic rings. The van der Waals surface area contributed by atoms with Crippen LogP contribution in [0.3, 0.4) is 0 Å². The van der Waals surface area contributed by atoms with Crippen LogP contribution in [0.15, 0.2) is 47.4 Å². The molecule has 0 saturated heterocycles. The lowest BCUT2D eigenvalue weighted by Crippen LogP contribution is -2.38. The first-order chi connectivity index (χ1) is 13.2. The zero-order valence-electron chi connectivity index (χ0n) is 16.3. The summed E-state index contributed by atoms with van der Waals surface area (Å²) in [4.78, 5) is 14.2. The fraction of sp³-hybridized carbons (Fsp3) is 0.381. The zero-order chi connectivity index (χ0) is 20.5. The highest BCUT2D eigenvalue weighted by Crippen LogP contribution is 2.25. The second kappa shape index (κ2) is 8.01. The highest BCUT2D eigenvalue weighted by atomic mass is 32.2. The van der Waals surface area contributed by atoms with Gasteiger partial charge in [0.05, 0.1) is 4.90 Å². The van der Waals surface area contributed by atoms with Crippen LogP contribution < -0.4 is 4.72 Å². The van der Waals surface area contributed by atoms with Gasteiger partial charge in [0.25, 0.3) is 0 Å². The Bertz CT molecular complexity index is 972. The molecule has 2 aromatic carbocycles.